The average molecular weight is 565 g/mol. The van der Waals surface area contributed by atoms with E-state index in [1.54, 1.807) is 67.6 Å². The van der Waals surface area contributed by atoms with Crippen LogP contribution in [0.3, 0.4) is 0 Å². The highest BCUT2D eigenvalue weighted by atomic mass is 16.7. The third-order valence-electron chi connectivity index (χ3n) is 6.75. The topological polar surface area (TPSA) is 170 Å². The number of methoxy groups -OCH3 is 2. The van der Waals surface area contributed by atoms with Crippen LogP contribution in [0.5, 0.6) is 0 Å². The van der Waals surface area contributed by atoms with Gasteiger partial charge in [-0.1, -0.05) is 36.4 Å². The Labute approximate surface area is 232 Å². The Bertz CT molecular complexity index is 1090. The molecule has 0 saturated carbocycles. The first-order valence-corrected chi connectivity index (χ1v) is 12.6. The van der Waals surface area contributed by atoms with E-state index in [0.717, 1.165) is 0 Å². The molecule has 0 radical (unpaired) electrons. The van der Waals surface area contributed by atoms with E-state index in [2.05, 4.69) is 0 Å². The Balaban J connectivity index is 0.000000307. The van der Waals surface area contributed by atoms with Crippen LogP contribution in [0.1, 0.15) is 34.6 Å². The zero-order valence-corrected chi connectivity index (χ0v) is 22.7. The summed E-state index contributed by atoms with van der Waals surface area (Å²) >= 11 is 0. The van der Waals surface area contributed by atoms with E-state index in [0.29, 0.717) is 11.1 Å². The molecule has 4 N–H and O–H groups in total. The Kier molecular flexibility index (Phi) is 10.8. The maximum absolute atomic E-state index is 12.6. The summed E-state index contributed by atoms with van der Waals surface area (Å²) in [6, 6.07) is 16.8. The number of rotatable bonds is 8. The summed E-state index contributed by atoms with van der Waals surface area (Å²) < 4.78 is 32.0. The van der Waals surface area contributed by atoms with Gasteiger partial charge in [0.05, 0.1) is 24.3 Å². The molecule has 0 aromatic heterocycles. The molecule has 0 spiro atoms. The molecule has 2 aliphatic heterocycles. The van der Waals surface area contributed by atoms with Crippen LogP contribution in [0.4, 0.5) is 0 Å². The van der Waals surface area contributed by atoms with E-state index < -0.39 is 66.7 Å². The van der Waals surface area contributed by atoms with Gasteiger partial charge in [-0.25, -0.2) is 9.59 Å². The van der Waals surface area contributed by atoms with Crippen LogP contribution in [-0.2, 0) is 28.4 Å². The molecule has 40 heavy (non-hydrogen) atoms. The smallest absolute Gasteiger partial charge is 0.338 e. The number of carbonyl (C=O) groups excluding carboxylic acids is 2. The van der Waals surface area contributed by atoms with Gasteiger partial charge in [-0.15, -0.1) is 0 Å². The molecule has 4 rings (SSSR count). The van der Waals surface area contributed by atoms with Crippen LogP contribution in [0.15, 0.2) is 60.7 Å². The van der Waals surface area contributed by atoms with Crippen molar-refractivity contribution in [2.45, 2.75) is 62.0 Å². The number of ether oxygens (including phenoxy) is 6. The minimum Gasteiger partial charge on any atom is -0.451 e. The number of hydrogen-bond acceptors (Lipinski definition) is 12. The predicted molar refractivity (Wildman–Crippen MR) is 138 cm³/mol. The van der Waals surface area contributed by atoms with Gasteiger partial charge in [-0.3, -0.25) is 0 Å². The lowest BCUT2D eigenvalue weighted by Gasteiger charge is -2.33. The molecule has 2 aromatic carbocycles. The second-order valence-electron chi connectivity index (χ2n) is 9.65. The summed E-state index contributed by atoms with van der Waals surface area (Å²) in [5, 5.41) is 37.5. The number of benzene rings is 2. The average Bonchev–Trinajstić information content (AvgIpc) is 3.37. The zero-order chi connectivity index (χ0) is 29.5. The Morgan fingerprint density at radius 3 is 1.70 bits per heavy atom. The number of aliphatic hydroxyl groups is 4. The molecule has 2 aromatic rings. The molecule has 2 saturated heterocycles. The van der Waals surface area contributed by atoms with Crippen molar-refractivity contribution >= 4 is 11.9 Å². The molecular weight excluding hydrogens is 528 g/mol. The first kappa shape index (κ1) is 31.6. The number of carbonyl (C=O) groups is 2. The molecule has 0 bridgehead atoms. The molecule has 2 aliphatic rings. The van der Waals surface area contributed by atoms with Crippen LogP contribution in [0.25, 0.3) is 0 Å². The minimum absolute atomic E-state index is 0.330. The predicted octanol–water partition coefficient (Wildman–Crippen LogP) is 0.653. The van der Waals surface area contributed by atoms with Gasteiger partial charge in [0.1, 0.15) is 23.9 Å². The maximum atomic E-state index is 12.6. The van der Waals surface area contributed by atoms with Gasteiger partial charge < -0.3 is 48.8 Å². The number of hydrogen-bond donors (Lipinski definition) is 4. The van der Waals surface area contributed by atoms with Crippen LogP contribution >= 0.6 is 0 Å². The van der Waals surface area contributed by atoms with Crippen molar-refractivity contribution in [1.29, 1.82) is 0 Å². The van der Waals surface area contributed by atoms with Crippen molar-refractivity contribution in [3.63, 3.8) is 0 Å². The van der Waals surface area contributed by atoms with Gasteiger partial charge in [0.15, 0.2) is 18.0 Å². The van der Waals surface area contributed by atoms with Crippen molar-refractivity contribution < 1.29 is 58.4 Å². The molecule has 220 valence electrons. The summed E-state index contributed by atoms with van der Waals surface area (Å²) in [4.78, 5) is 25.2. The van der Waals surface area contributed by atoms with Crippen molar-refractivity contribution in [3.8, 4) is 0 Å². The lowest BCUT2D eigenvalue weighted by atomic mass is 9.96. The lowest BCUT2D eigenvalue weighted by Crippen LogP contribution is -2.52. The fourth-order valence-electron chi connectivity index (χ4n) is 4.51. The van der Waals surface area contributed by atoms with Gasteiger partial charge in [0.2, 0.25) is 6.29 Å². The van der Waals surface area contributed by atoms with Gasteiger partial charge in [-0.05, 0) is 38.1 Å². The van der Waals surface area contributed by atoms with Crippen LogP contribution in [0, 0.1) is 0 Å². The van der Waals surface area contributed by atoms with Gasteiger partial charge in [0, 0.05) is 14.2 Å². The molecule has 8 atom stereocenters. The molecule has 2 fully saturated rings. The van der Waals surface area contributed by atoms with Gasteiger partial charge >= 0.3 is 11.9 Å². The fraction of sp³-hybridized carbons (Fsp3) is 0.500. The lowest BCUT2D eigenvalue weighted by molar-refractivity contribution is -0.188. The first-order valence-electron chi connectivity index (χ1n) is 12.6. The summed E-state index contributed by atoms with van der Waals surface area (Å²) in [6.07, 6.45) is -5.78. The molecule has 12 heteroatoms. The molecule has 1 unspecified atom stereocenters. The second-order valence-corrected chi connectivity index (χ2v) is 9.65. The van der Waals surface area contributed by atoms with Crippen LogP contribution in [0.2, 0.25) is 0 Å². The molecule has 12 nitrogen and oxygen atoms in total. The van der Waals surface area contributed by atoms with E-state index in [9.17, 15) is 24.9 Å². The van der Waals surface area contributed by atoms with Crippen molar-refractivity contribution in [1.82, 2.24) is 0 Å². The van der Waals surface area contributed by atoms with E-state index in [1.165, 1.54) is 21.1 Å². The van der Waals surface area contributed by atoms with Gasteiger partial charge in [0.25, 0.3) is 0 Å². The zero-order valence-electron chi connectivity index (χ0n) is 22.7. The first-order chi connectivity index (χ1) is 19.0. The van der Waals surface area contributed by atoms with Crippen molar-refractivity contribution in [2.24, 2.45) is 0 Å². The monoisotopic (exact) mass is 564 g/mol. The minimum atomic E-state index is -1.46. The highest BCUT2D eigenvalue weighted by molar-refractivity contribution is 5.90. The molecule has 0 amide bonds. The second kappa shape index (κ2) is 13.6. The van der Waals surface area contributed by atoms with Gasteiger partial charge in [-0.2, -0.15) is 0 Å². The molecular formula is C28H36O12. The van der Waals surface area contributed by atoms with E-state index in [-0.39, 0.29) is 6.61 Å². The largest absolute Gasteiger partial charge is 0.451 e. The normalized spacial score (nSPS) is 33.1. The highest BCUT2D eigenvalue weighted by Gasteiger charge is 2.59. The Hall–Kier alpha value is -2.94. The summed E-state index contributed by atoms with van der Waals surface area (Å²) in [7, 11) is 2.75. The SMILES string of the molecule is COC1O[C@H](CO)[C@@H](O)[C@@]1(C)O.CO[C@H]1O[C@H](CO)[C@@H](OC(=O)c2ccccc2)[C@@]1(C)OC(=O)c1ccccc1. The van der Waals surface area contributed by atoms with E-state index in [4.69, 9.17) is 33.5 Å². The standard InChI is InChI=1S/C21H22O7.C7H14O5/c1-21(28-19(24)15-11-7-4-8-12-15)17(16(13-22)26-20(21)25-2)27-18(23)14-9-5-3-6-10-14;1-7(10)5(9)4(3-8)12-6(7)11-2/h3-12,16-17,20,22H,13H2,1-2H3;4-6,8-10H,3H2,1-2H3/t16-,17-,20+,21-;4-,5-,6?,7-/m11/s1. The number of aliphatic hydroxyl groups excluding tert-OH is 3. The summed E-state index contributed by atoms with van der Waals surface area (Å²) in [5.74, 6) is -1.24. The third kappa shape index (κ3) is 6.67. The summed E-state index contributed by atoms with van der Waals surface area (Å²) in [5.41, 5.74) is -2.25. The Morgan fingerprint density at radius 2 is 1.27 bits per heavy atom. The highest BCUT2D eigenvalue weighted by Crippen LogP contribution is 2.38. The van der Waals surface area contributed by atoms with E-state index in [1.807, 2.05) is 0 Å². The van der Waals surface area contributed by atoms with E-state index >= 15 is 0 Å². The third-order valence-corrected chi connectivity index (χ3v) is 6.75. The fourth-order valence-corrected chi connectivity index (χ4v) is 4.51. The summed E-state index contributed by atoms with van der Waals surface area (Å²) in [6.45, 7) is 2.18. The maximum Gasteiger partial charge on any atom is 0.338 e. The molecule has 2 heterocycles. The van der Waals surface area contributed by atoms with Crippen LogP contribution < -0.4 is 0 Å². The Morgan fingerprint density at radius 1 is 0.800 bits per heavy atom. The number of esters is 2. The quantitative estimate of drug-likeness (QED) is 0.331. The molecule has 0 aliphatic carbocycles. The van der Waals surface area contributed by atoms with Crippen molar-refractivity contribution in [2.75, 3.05) is 27.4 Å². The van der Waals surface area contributed by atoms with Crippen LogP contribution in [-0.4, -0.2) is 108 Å². The van der Waals surface area contributed by atoms with Crippen molar-refractivity contribution in [3.05, 3.63) is 71.8 Å².